The molecule has 0 radical (unpaired) electrons. The van der Waals surface area contributed by atoms with E-state index in [1.807, 2.05) is 13.2 Å². The van der Waals surface area contributed by atoms with Gasteiger partial charge in [-0.2, -0.15) is 5.10 Å². The molecule has 1 aromatic carbocycles. The van der Waals surface area contributed by atoms with Crippen molar-refractivity contribution < 1.29 is 13.2 Å². The average Bonchev–Trinajstić information content (AvgIpc) is 3.37. The molecule has 1 aliphatic carbocycles. The molecule has 5 rings (SSSR count). The molecule has 1 atom stereocenters. The zero-order chi connectivity index (χ0) is 23.5. The van der Waals surface area contributed by atoms with Crippen LogP contribution in [0.25, 0.3) is 0 Å². The van der Waals surface area contributed by atoms with Crippen molar-refractivity contribution in [1.29, 1.82) is 0 Å². The fourth-order valence-corrected chi connectivity index (χ4v) is 5.42. The predicted molar refractivity (Wildman–Crippen MR) is 126 cm³/mol. The van der Waals surface area contributed by atoms with Gasteiger partial charge in [0.25, 0.3) is 5.91 Å². The quantitative estimate of drug-likeness (QED) is 0.661. The summed E-state index contributed by atoms with van der Waals surface area (Å²) in [6.07, 6.45) is 5.69. The number of nitrogens with two attached hydrogens (primary N) is 1. The standard InChI is InChI=1S/C22H31N7O3S/c1-15-11-27(7-6-24-15)19-9-17(33(23,31)32)8-18-20(19)29(22(2)4-5-22)14-28(21(18)30)13-16-10-25-26(3)12-16/h8-10,12,15,24H,4-7,11,13-14H2,1-3H3,(H2,23,31,32)/t15-/m1/s1. The lowest BCUT2D eigenvalue weighted by Gasteiger charge is -2.45. The number of aryl methyl sites for hydroxylation is 1. The Morgan fingerprint density at radius 2 is 2.06 bits per heavy atom. The lowest BCUT2D eigenvalue weighted by molar-refractivity contribution is 0.0722. The molecule has 2 aromatic rings. The molecular weight excluding hydrogens is 442 g/mol. The summed E-state index contributed by atoms with van der Waals surface area (Å²) in [7, 11) is -2.15. The van der Waals surface area contributed by atoms with Crippen molar-refractivity contribution >= 4 is 27.3 Å². The Labute approximate surface area is 194 Å². The Hall–Kier alpha value is -2.63. The van der Waals surface area contributed by atoms with Crippen LogP contribution in [0.3, 0.4) is 0 Å². The third-order valence-corrected chi connectivity index (χ3v) is 7.85. The molecule has 1 saturated heterocycles. The number of aromatic nitrogens is 2. The molecule has 178 valence electrons. The zero-order valence-corrected chi connectivity index (χ0v) is 20.1. The van der Waals surface area contributed by atoms with Crippen LogP contribution >= 0.6 is 0 Å². The maximum atomic E-state index is 13.7. The van der Waals surface area contributed by atoms with Gasteiger partial charge >= 0.3 is 0 Å². The van der Waals surface area contributed by atoms with Crippen molar-refractivity contribution in [3.63, 3.8) is 0 Å². The van der Waals surface area contributed by atoms with E-state index in [4.69, 9.17) is 5.14 Å². The number of hydrogen-bond acceptors (Lipinski definition) is 7. The summed E-state index contributed by atoms with van der Waals surface area (Å²) in [5.41, 5.74) is 2.84. The first kappa shape index (κ1) is 22.2. The number of nitrogens with zero attached hydrogens (tertiary/aromatic N) is 5. The minimum atomic E-state index is -3.99. The second-order valence-electron chi connectivity index (χ2n) is 9.78. The van der Waals surface area contributed by atoms with E-state index in [-0.39, 0.29) is 22.4 Å². The number of benzene rings is 1. The number of amides is 1. The fourth-order valence-electron chi connectivity index (χ4n) is 4.86. The molecular formula is C22H31N7O3S. The number of fused-ring (bicyclic) bond motifs is 1. The second kappa shape index (κ2) is 7.71. The topological polar surface area (TPSA) is 117 Å². The smallest absolute Gasteiger partial charge is 0.257 e. The Kier molecular flexibility index (Phi) is 5.18. The molecule has 10 nitrogen and oxygen atoms in total. The highest BCUT2D eigenvalue weighted by atomic mass is 32.2. The summed E-state index contributed by atoms with van der Waals surface area (Å²) < 4.78 is 26.5. The van der Waals surface area contributed by atoms with Gasteiger partial charge in [-0.1, -0.05) is 0 Å². The third kappa shape index (κ3) is 4.09. The molecule has 0 unspecified atom stereocenters. The van der Waals surface area contributed by atoms with E-state index >= 15 is 0 Å². The lowest BCUT2D eigenvalue weighted by atomic mass is 10.0. The number of piperazine rings is 1. The molecule has 1 saturated carbocycles. The number of nitrogens with one attached hydrogen (secondary N) is 1. The van der Waals surface area contributed by atoms with Crippen LogP contribution in [0, 0.1) is 0 Å². The summed E-state index contributed by atoms with van der Waals surface area (Å²) in [4.78, 5) is 19.9. The maximum absolute atomic E-state index is 13.7. The summed E-state index contributed by atoms with van der Waals surface area (Å²) >= 11 is 0. The van der Waals surface area contributed by atoms with Crippen molar-refractivity contribution in [3.8, 4) is 0 Å². The van der Waals surface area contributed by atoms with Crippen molar-refractivity contribution in [1.82, 2.24) is 20.0 Å². The van der Waals surface area contributed by atoms with Gasteiger partial charge in [0.1, 0.15) is 0 Å². The van der Waals surface area contributed by atoms with Gasteiger partial charge in [-0.25, -0.2) is 13.6 Å². The van der Waals surface area contributed by atoms with Crippen LogP contribution in [-0.4, -0.2) is 66.9 Å². The number of hydrogen-bond donors (Lipinski definition) is 2. The summed E-state index contributed by atoms with van der Waals surface area (Å²) in [6.45, 7) is 7.38. The van der Waals surface area contributed by atoms with Gasteiger partial charge in [-0.3, -0.25) is 9.48 Å². The van der Waals surface area contributed by atoms with Crippen LogP contribution in [-0.2, 0) is 23.6 Å². The lowest BCUT2D eigenvalue weighted by Crippen LogP contribution is -2.53. The molecule has 3 N–H and O–H groups in total. The first-order valence-electron chi connectivity index (χ1n) is 11.3. The number of carbonyl (C=O) groups excluding carboxylic acids is 1. The van der Waals surface area contributed by atoms with Gasteiger partial charge in [-0.05, 0) is 38.8 Å². The average molecular weight is 474 g/mol. The largest absolute Gasteiger partial charge is 0.367 e. The highest BCUT2D eigenvalue weighted by Gasteiger charge is 2.49. The number of sulfonamides is 1. The van der Waals surface area contributed by atoms with Gasteiger partial charge in [0.05, 0.1) is 41.2 Å². The van der Waals surface area contributed by atoms with Crippen molar-refractivity contribution in [2.75, 3.05) is 36.1 Å². The number of primary sulfonamides is 1. The molecule has 0 bridgehead atoms. The second-order valence-corrected chi connectivity index (χ2v) is 11.3. The van der Waals surface area contributed by atoms with E-state index in [0.29, 0.717) is 18.8 Å². The van der Waals surface area contributed by atoms with Crippen LogP contribution in [0.15, 0.2) is 29.4 Å². The summed E-state index contributed by atoms with van der Waals surface area (Å²) in [5, 5.41) is 13.2. The number of anilines is 2. The van der Waals surface area contributed by atoms with Crippen LogP contribution in [0.4, 0.5) is 11.4 Å². The SMILES string of the molecule is C[C@@H]1CN(c2cc(S(N)(=O)=O)cc3c2N(C2(C)CC2)CN(Cc2cnn(C)c2)C3=O)CCN1. The van der Waals surface area contributed by atoms with E-state index < -0.39 is 10.0 Å². The zero-order valence-electron chi connectivity index (χ0n) is 19.3. The van der Waals surface area contributed by atoms with E-state index in [2.05, 4.69) is 34.1 Å². The first-order chi connectivity index (χ1) is 15.5. The van der Waals surface area contributed by atoms with E-state index in [9.17, 15) is 13.2 Å². The minimum absolute atomic E-state index is 0.0279. The van der Waals surface area contributed by atoms with Crippen LogP contribution < -0.4 is 20.3 Å². The normalized spacial score (nSPS) is 22.5. The molecule has 2 aliphatic heterocycles. The van der Waals surface area contributed by atoms with Crippen LogP contribution in [0.2, 0.25) is 0 Å². The summed E-state index contributed by atoms with van der Waals surface area (Å²) in [6, 6.07) is 3.35. The Morgan fingerprint density at radius 1 is 1.30 bits per heavy atom. The van der Waals surface area contributed by atoms with E-state index in [1.165, 1.54) is 6.07 Å². The van der Waals surface area contributed by atoms with Crippen molar-refractivity contribution in [3.05, 3.63) is 35.7 Å². The van der Waals surface area contributed by atoms with Crippen LogP contribution in [0.5, 0.6) is 0 Å². The third-order valence-electron chi connectivity index (χ3n) is 6.96. The van der Waals surface area contributed by atoms with E-state index in [0.717, 1.165) is 49.4 Å². The van der Waals surface area contributed by atoms with Crippen molar-refractivity contribution in [2.24, 2.45) is 12.2 Å². The number of carbonyl (C=O) groups is 1. The molecule has 11 heteroatoms. The number of rotatable bonds is 5. The minimum Gasteiger partial charge on any atom is -0.367 e. The van der Waals surface area contributed by atoms with Gasteiger partial charge in [0.2, 0.25) is 10.0 Å². The molecule has 3 heterocycles. The van der Waals surface area contributed by atoms with Gasteiger partial charge in [-0.15, -0.1) is 0 Å². The Bertz CT molecular complexity index is 1200. The monoisotopic (exact) mass is 473 g/mol. The van der Waals surface area contributed by atoms with Crippen LogP contribution in [0.1, 0.15) is 42.6 Å². The molecule has 0 spiro atoms. The maximum Gasteiger partial charge on any atom is 0.257 e. The predicted octanol–water partition coefficient (Wildman–Crippen LogP) is 0.838. The highest BCUT2D eigenvalue weighted by molar-refractivity contribution is 7.89. The first-order valence-corrected chi connectivity index (χ1v) is 12.8. The molecule has 3 aliphatic rings. The highest BCUT2D eigenvalue weighted by Crippen LogP contribution is 2.50. The van der Waals surface area contributed by atoms with Gasteiger partial charge in [0.15, 0.2) is 0 Å². The van der Waals surface area contributed by atoms with E-state index in [1.54, 1.807) is 21.8 Å². The Morgan fingerprint density at radius 3 is 2.67 bits per heavy atom. The van der Waals surface area contributed by atoms with Gasteiger partial charge in [0, 0.05) is 50.0 Å². The molecule has 1 aromatic heterocycles. The Balaban J connectivity index is 1.65. The van der Waals surface area contributed by atoms with Crippen molar-refractivity contribution in [2.45, 2.75) is 49.7 Å². The van der Waals surface area contributed by atoms with Gasteiger partial charge < -0.3 is 20.0 Å². The fraction of sp³-hybridized carbons (Fsp3) is 0.545. The molecule has 33 heavy (non-hydrogen) atoms. The molecule has 2 fully saturated rings. The summed E-state index contributed by atoms with van der Waals surface area (Å²) in [5.74, 6) is -0.190. The molecule has 1 amide bonds.